The summed E-state index contributed by atoms with van der Waals surface area (Å²) in [5.41, 5.74) is 5.95. The molecule has 0 fully saturated rings. The molecule has 0 unspecified atom stereocenters. The lowest BCUT2D eigenvalue weighted by atomic mass is 10.1. The van der Waals surface area contributed by atoms with E-state index in [1.54, 1.807) is 13.8 Å². The van der Waals surface area contributed by atoms with Gasteiger partial charge in [-0.1, -0.05) is 0 Å². The first-order chi connectivity index (χ1) is 11.0. The zero-order chi connectivity index (χ0) is 16.8. The molecule has 1 aromatic heterocycles. The number of nitrogens with one attached hydrogen (secondary N) is 2. The zero-order valence-electron chi connectivity index (χ0n) is 12.4. The van der Waals surface area contributed by atoms with Crippen LogP contribution in [0.15, 0.2) is 28.9 Å². The smallest absolute Gasteiger partial charge is 0.425 e. The molecule has 0 radical (unpaired) electrons. The number of alkyl halides is 2. The van der Waals surface area contributed by atoms with Crippen molar-refractivity contribution < 1.29 is 27.5 Å². The number of rotatable bonds is 6. The topological polar surface area (TPSA) is 85.6 Å². The lowest BCUT2D eigenvalue weighted by Gasteiger charge is -2.12. The minimum absolute atomic E-state index is 0.0602. The minimum Gasteiger partial charge on any atom is -0.449 e. The van der Waals surface area contributed by atoms with Gasteiger partial charge >= 0.3 is 12.7 Å². The summed E-state index contributed by atoms with van der Waals surface area (Å²) >= 11 is 0. The first-order valence-electron chi connectivity index (χ1n) is 6.69. The average molecular weight is 327 g/mol. The zero-order valence-corrected chi connectivity index (χ0v) is 12.4. The normalized spacial score (nSPS) is 10.5. The molecule has 0 aliphatic rings. The number of amides is 1. The van der Waals surface area contributed by atoms with Gasteiger partial charge in [-0.3, -0.25) is 5.43 Å². The molecule has 0 saturated heterocycles. The summed E-state index contributed by atoms with van der Waals surface area (Å²) in [5, 5.41) is 0. The number of aromatic nitrogens is 1. The molecule has 2 aromatic rings. The highest BCUT2D eigenvalue weighted by Crippen LogP contribution is 2.33. The van der Waals surface area contributed by atoms with Crippen molar-refractivity contribution in [3.63, 3.8) is 0 Å². The van der Waals surface area contributed by atoms with Crippen molar-refractivity contribution in [2.75, 3.05) is 12.0 Å². The summed E-state index contributed by atoms with van der Waals surface area (Å²) in [6.07, 6.45) is 0.658. The number of ether oxygens (including phenoxy) is 2. The van der Waals surface area contributed by atoms with Gasteiger partial charge in [-0.15, -0.1) is 0 Å². The Morgan fingerprint density at radius 1 is 1.43 bits per heavy atom. The maximum absolute atomic E-state index is 12.5. The lowest BCUT2D eigenvalue weighted by molar-refractivity contribution is -0.0494. The Bertz CT molecular complexity index is 676. The summed E-state index contributed by atoms with van der Waals surface area (Å²) in [6.45, 7) is 0.541. The molecule has 2 rings (SSSR count). The van der Waals surface area contributed by atoms with Crippen LogP contribution in [0.4, 0.5) is 19.3 Å². The number of oxazole rings is 1. The van der Waals surface area contributed by atoms with Crippen LogP contribution in [0.5, 0.6) is 5.75 Å². The van der Waals surface area contributed by atoms with Gasteiger partial charge in [0, 0.05) is 12.5 Å². The predicted molar refractivity (Wildman–Crippen MR) is 77.1 cm³/mol. The quantitative estimate of drug-likeness (QED) is 0.792. The highest BCUT2D eigenvalue weighted by molar-refractivity contribution is 5.73. The summed E-state index contributed by atoms with van der Waals surface area (Å²) in [4.78, 5) is 15.3. The molecule has 0 bridgehead atoms. The van der Waals surface area contributed by atoms with Crippen LogP contribution in [-0.4, -0.2) is 24.3 Å². The van der Waals surface area contributed by atoms with Crippen LogP contribution in [-0.2, 0) is 4.74 Å². The van der Waals surface area contributed by atoms with E-state index in [9.17, 15) is 13.6 Å². The van der Waals surface area contributed by atoms with E-state index in [1.165, 1.54) is 24.5 Å². The molecule has 1 amide bonds. The summed E-state index contributed by atoms with van der Waals surface area (Å²) in [6, 6.07) is 4.28. The van der Waals surface area contributed by atoms with Gasteiger partial charge in [0.1, 0.15) is 17.7 Å². The second kappa shape index (κ2) is 7.43. The number of benzene rings is 1. The van der Waals surface area contributed by atoms with Crippen LogP contribution in [0.25, 0.3) is 11.3 Å². The molecule has 0 atom stereocenters. The van der Waals surface area contributed by atoms with E-state index in [1.807, 2.05) is 0 Å². The maximum Gasteiger partial charge on any atom is 0.425 e. The summed E-state index contributed by atoms with van der Waals surface area (Å²) in [5.74, 6) is 0.320. The molecule has 7 nitrogen and oxygen atoms in total. The number of anilines is 1. The Morgan fingerprint density at radius 3 is 2.83 bits per heavy atom. The Kier molecular flexibility index (Phi) is 5.34. The van der Waals surface area contributed by atoms with Gasteiger partial charge in [0.15, 0.2) is 5.89 Å². The van der Waals surface area contributed by atoms with Crippen LogP contribution >= 0.6 is 0 Å². The average Bonchev–Trinajstić information content (AvgIpc) is 2.92. The fraction of sp³-hybridized carbons (Fsp3) is 0.286. The van der Waals surface area contributed by atoms with E-state index >= 15 is 0 Å². The molecule has 1 heterocycles. The molecular formula is C14H15F2N3O4. The fourth-order valence-corrected chi connectivity index (χ4v) is 1.78. The number of carbonyl (C=O) groups is 1. The van der Waals surface area contributed by atoms with Crippen molar-refractivity contribution in [1.82, 2.24) is 10.4 Å². The Morgan fingerprint density at radius 2 is 2.22 bits per heavy atom. The van der Waals surface area contributed by atoms with Crippen LogP contribution in [0.1, 0.15) is 12.8 Å². The largest absolute Gasteiger partial charge is 0.449 e. The molecule has 1 aromatic carbocycles. The third-order valence-corrected chi connectivity index (χ3v) is 2.67. The van der Waals surface area contributed by atoms with E-state index < -0.39 is 12.7 Å². The van der Waals surface area contributed by atoms with Gasteiger partial charge in [0.05, 0.1) is 12.3 Å². The minimum atomic E-state index is -2.97. The summed E-state index contributed by atoms with van der Waals surface area (Å²) in [7, 11) is 0. The molecule has 0 aliphatic carbocycles. The summed E-state index contributed by atoms with van der Waals surface area (Å²) < 4.78 is 39.3. The first-order valence-corrected chi connectivity index (χ1v) is 6.69. The van der Waals surface area contributed by atoms with E-state index in [4.69, 9.17) is 9.15 Å². The number of hydrogen-bond donors (Lipinski definition) is 2. The van der Waals surface area contributed by atoms with E-state index in [0.29, 0.717) is 17.3 Å². The van der Waals surface area contributed by atoms with Crippen LogP contribution in [0, 0.1) is 6.92 Å². The van der Waals surface area contributed by atoms with E-state index in [2.05, 4.69) is 20.6 Å². The molecular weight excluding hydrogens is 312 g/mol. The number of carbonyl (C=O) groups excluding carboxylic acids is 1. The Balaban J connectivity index is 2.24. The standard InChI is InChI=1S/C14H15F2N3O4/c1-3-21-14(20)19-18-9-4-5-12(23-13(15)16)10(6-9)11-7-22-8(2)17-11/h4-7,13,18H,3H2,1-2H3,(H,19,20). The fourth-order valence-electron chi connectivity index (χ4n) is 1.78. The first kappa shape index (κ1) is 16.5. The highest BCUT2D eigenvalue weighted by Gasteiger charge is 2.15. The Labute approximate surface area is 130 Å². The van der Waals surface area contributed by atoms with Crippen molar-refractivity contribution in [3.8, 4) is 17.0 Å². The van der Waals surface area contributed by atoms with Crippen LogP contribution in [0.3, 0.4) is 0 Å². The second-order valence-corrected chi connectivity index (χ2v) is 4.31. The van der Waals surface area contributed by atoms with Gasteiger partial charge in [-0.05, 0) is 25.1 Å². The molecule has 23 heavy (non-hydrogen) atoms. The molecule has 124 valence electrons. The maximum atomic E-state index is 12.5. The molecule has 9 heteroatoms. The van der Waals surface area contributed by atoms with Crippen molar-refractivity contribution in [1.29, 1.82) is 0 Å². The number of aryl methyl sites for hydroxylation is 1. The van der Waals surface area contributed by atoms with Gasteiger partial charge in [-0.2, -0.15) is 8.78 Å². The number of hydrazine groups is 1. The molecule has 0 saturated carbocycles. The monoisotopic (exact) mass is 327 g/mol. The third-order valence-electron chi connectivity index (χ3n) is 2.67. The van der Waals surface area contributed by atoms with E-state index in [0.717, 1.165) is 0 Å². The number of halogens is 2. The van der Waals surface area contributed by atoms with Crippen molar-refractivity contribution in [2.45, 2.75) is 20.5 Å². The van der Waals surface area contributed by atoms with Crippen LogP contribution in [0.2, 0.25) is 0 Å². The SMILES string of the molecule is CCOC(=O)NNc1ccc(OC(F)F)c(-c2coc(C)n2)c1. The molecule has 2 N–H and O–H groups in total. The van der Waals surface area contributed by atoms with Crippen molar-refractivity contribution in [2.24, 2.45) is 0 Å². The van der Waals surface area contributed by atoms with Crippen LogP contribution < -0.4 is 15.6 Å². The Hall–Kier alpha value is -2.84. The highest BCUT2D eigenvalue weighted by atomic mass is 19.3. The van der Waals surface area contributed by atoms with Crippen molar-refractivity contribution in [3.05, 3.63) is 30.4 Å². The van der Waals surface area contributed by atoms with Gasteiger partial charge in [-0.25, -0.2) is 15.2 Å². The predicted octanol–water partition coefficient (Wildman–Crippen LogP) is 3.32. The van der Waals surface area contributed by atoms with Gasteiger partial charge < -0.3 is 13.9 Å². The lowest BCUT2D eigenvalue weighted by Crippen LogP contribution is -2.29. The molecule has 0 aliphatic heterocycles. The third kappa shape index (κ3) is 4.56. The molecule has 0 spiro atoms. The second-order valence-electron chi connectivity index (χ2n) is 4.31. The van der Waals surface area contributed by atoms with E-state index in [-0.39, 0.29) is 17.9 Å². The number of hydrogen-bond acceptors (Lipinski definition) is 6. The van der Waals surface area contributed by atoms with Gasteiger partial charge in [0.2, 0.25) is 0 Å². The van der Waals surface area contributed by atoms with Crippen molar-refractivity contribution >= 4 is 11.8 Å². The van der Waals surface area contributed by atoms with Gasteiger partial charge in [0.25, 0.3) is 0 Å². The number of nitrogens with zero attached hydrogens (tertiary/aromatic N) is 1.